The Labute approximate surface area is 227 Å². The van der Waals surface area contributed by atoms with E-state index in [0.717, 1.165) is 34.6 Å². The zero-order valence-electron chi connectivity index (χ0n) is 22.4. The van der Waals surface area contributed by atoms with Crippen LogP contribution in [0, 0.1) is 0 Å². The Bertz CT molecular complexity index is 1330. The molecule has 10 heteroatoms. The Balaban J connectivity index is 1.37. The van der Waals surface area contributed by atoms with Crippen LogP contribution < -0.4 is 5.32 Å². The van der Waals surface area contributed by atoms with Crippen LogP contribution in [0.15, 0.2) is 30.6 Å². The van der Waals surface area contributed by atoms with Gasteiger partial charge in [-0.3, -0.25) is 19.5 Å². The Morgan fingerprint density at radius 3 is 2.63 bits per heavy atom. The lowest BCUT2D eigenvalue weighted by Gasteiger charge is -2.44. The van der Waals surface area contributed by atoms with E-state index in [1.54, 1.807) is 18.5 Å². The number of ether oxygens (including phenoxy) is 2. The summed E-state index contributed by atoms with van der Waals surface area (Å²) in [5.74, 6) is -0.234. The maximum atomic E-state index is 13.7. The first-order valence-corrected chi connectivity index (χ1v) is 13.7. The van der Waals surface area contributed by atoms with E-state index in [9.17, 15) is 9.59 Å². The normalized spacial score (nSPS) is 24.1. The van der Waals surface area contributed by atoms with Crippen LogP contribution in [0.4, 0.5) is 5.69 Å². The second kappa shape index (κ2) is 10.8. The lowest BCUT2D eigenvalue weighted by atomic mass is 10.0. The van der Waals surface area contributed by atoms with E-state index in [1.165, 1.54) is 0 Å². The minimum atomic E-state index is -0.628. The third-order valence-electron chi connectivity index (χ3n) is 7.53. The fraction of sp³-hybridized carbons (Fsp3) is 0.536. The number of nitrogens with zero attached hydrogens (tertiary/aromatic N) is 3. The average molecular weight is 542 g/mol. The van der Waals surface area contributed by atoms with Crippen molar-refractivity contribution in [1.29, 1.82) is 0 Å². The minimum absolute atomic E-state index is 0.00830. The number of rotatable bonds is 6. The van der Waals surface area contributed by atoms with Crippen LogP contribution in [-0.4, -0.2) is 88.2 Å². The van der Waals surface area contributed by atoms with E-state index in [2.05, 4.69) is 29.1 Å². The first-order chi connectivity index (χ1) is 18.2. The van der Waals surface area contributed by atoms with Gasteiger partial charge in [0.1, 0.15) is 6.04 Å². The van der Waals surface area contributed by atoms with Crippen LogP contribution in [0.5, 0.6) is 0 Å². The Kier molecular flexibility index (Phi) is 7.64. The van der Waals surface area contributed by atoms with E-state index in [-0.39, 0.29) is 37.2 Å². The van der Waals surface area contributed by atoms with E-state index in [0.29, 0.717) is 30.3 Å². The van der Waals surface area contributed by atoms with E-state index in [4.69, 9.17) is 21.1 Å². The van der Waals surface area contributed by atoms with Crippen LogP contribution in [0.3, 0.4) is 0 Å². The number of nitrogens with one attached hydrogen (secondary N) is 2. The zero-order valence-corrected chi connectivity index (χ0v) is 23.2. The number of hydrogen-bond acceptors (Lipinski definition) is 6. The number of carbonyl (C=O) groups is 2. The molecule has 2 N–H and O–H groups in total. The summed E-state index contributed by atoms with van der Waals surface area (Å²) in [6, 6.07) is 4.89. The molecule has 1 aromatic carbocycles. The van der Waals surface area contributed by atoms with E-state index < -0.39 is 11.6 Å². The van der Waals surface area contributed by atoms with Gasteiger partial charge >= 0.3 is 0 Å². The van der Waals surface area contributed by atoms with Crippen LogP contribution in [0.2, 0.25) is 5.02 Å². The molecule has 0 radical (unpaired) electrons. The summed E-state index contributed by atoms with van der Waals surface area (Å²) in [6.07, 6.45) is 5.26. The van der Waals surface area contributed by atoms with Crippen molar-refractivity contribution in [2.24, 2.45) is 0 Å². The van der Waals surface area contributed by atoms with Crippen molar-refractivity contribution >= 4 is 50.9 Å². The molecule has 0 bridgehead atoms. The first kappa shape index (κ1) is 26.9. The van der Waals surface area contributed by atoms with Crippen LogP contribution >= 0.6 is 11.6 Å². The number of H-pyrrole nitrogens is 1. The van der Waals surface area contributed by atoms with Crippen LogP contribution in [-0.2, 0) is 19.1 Å². The number of halogens is 1. The third kappa shape index (κ3) is 5.52. The third-order valence-corrected chi connectivity index (χ3v) is 7.74. The number of hydrogen-bond donors (Lipinski definition) is 2. The topological polar surface area (TPSA) is 99.8 Å². The molecule has 204 valence electrons. The molecule has 2 aliphatic heterocycles. The molecule has 2 saturated heterocycles. The van der Waals surface area contributed by atoms with Gasteiger partial charge in [0.15, 0.2) is 0 Å². The number of fused-ring (bicyclic) bond motifs is 3. The smallest absolute Gasteiger partial charge is 0.244 e. The summed E-state index contributed by atoms with van der Waals surface area (Å²) >= 11 is 6.44. The van der Waals surface area contributed by atoms with Gasteiger partial charge in [0.05, 0.1) is 53.9 Å². The van der Waals surface area contributed by atoms with Gasteiger partial charge in [-0.25, -0.2) is 0 Å². The molecule has 0 spiro atoms. The van der Waals surface area contributed by atoms with Gasteiger partial charge in [0.2, 0.25) is 11.8 Å². The largest absolute Gasteiger partial charge is 0.372 e. The predicted octanol–water partition coefficient (Wildman–Crippen LogP) is 4.20. The number of aromatic amines is 1. The molecule has 9 nitrogen and oxygen atoms in total. The van der Waals surface area contributed by atoms with Crippen molar-refractivity contribution in [2.45, 2.75) is 64.4 Å². The number of pyridine rings is 1. The van der Waals surface area contributed by atoms with Gasteiger partial charge in [-0.1, -0.05) is 25.4 Å². The van der Waals surface area contributed by atoms with Crippen molar-refractivity contribution in [3.8, 4) is 0 Å². The summed E-state index contributed by atoms with van der Waals surface area (Å²) in [5, 5.41) is 5.45. The lowest BCUT2D eigenvalue weighted by molar-refractivity contribution is -0.157. The number of aromatic nitrogens is 2. The molecule has 2 aromatic heterocycles. The Morgan fingerprint density at radius 2 is 1.92 bits per heavy atom. The van der Waals surface area contributed by atoms with Gasteiger partial charge in [0.25, 0.3) is 0 Å². The molecule has 5 rings (SSSR count). The van der Waals surface area contributed by atoms with Gasteiger partial charge in [0, 0.05) is 41.6 Å². The van der Waals surface area contributed by atoms with E-state index >= 15 is 0 Å². The Morgan fingerprint density at radius 1 is 1.18 bits per heavy atom. The first-order valence-electron chi connectivity index (χ1n) is 13.3. The highest BCUT2D eigenvalue weighted by Crippen LogP contribution is 2.33. The quantitative estimate of drug-likeness (QED) is 0.485. The summed E-state index contributed by atoms with van der Waals surface area (Å²) in [7, 11) is 0. The molecular formula is C28H36ClN5O4. The fourth-order valence-corrected chi connectivity index (χ4v) is 5.67. The molecule has 3 atom stereocenters. The van der Waals surface area contributed by atoms with Crippen molar-refractivity contribution < 1.29 is 19.1 Å². The minimum Gasteiger partial charge on any atom is -0.372 e. The number of morpholine rings is 2. The highest BCUT2D eigenvalue weighted by atomic mass is 35.5. The van der Waals surface area contributed by atoms with E-state index in [1.807, 2.05) is 35.8 Å². The van der Waals surface area contributed by atoms with Gasteiger partial charge in [-0.15, -0.1) is 0 Å². The highest BCUT2D eigenvalue weighted by Gasteiger charge is 2.40. The van der Waals surface area contributed by atoms with Crippen LogP contribution in [0.1, 0.15) is 40.5 Å². The SMILES string of the molecule is CC[C@@H]1CN(C(=O)CN2CC(C)(C)OCC2C(=O)Nc2cc(Cl)cc3c2[nH]c2cnccc23)C[C@H](CC)O1. The second-order valence-electron chi connectivity index (χ2n) is 10.9. The maximum absolute atomic E-state index is 13.7. The second-order valence-corrected chi connectivity index (χ2v) is 11.3. The van der Waals surface area contributed by atoms with Crippen LogP contribution in [0.25, 0.3) is 21.8 Å². The molecular weight excluding hydrogens is 506 g/mol. The number of amides is 2. The van der Waals surface area contributed by atoms with Gasteiger partial charge < -0.3 is 24.7 Å². The molecule has 0 saturated carbocycles. The van der Waals surface area contributed by atoms with Crippen molar-refractivity contribution in [2.75, 3.05) is 38.1 Å². The molecule has 2 fully saturated rings. The summed E-state index contributed by atoms with van der Waals surface area (Å²) in [6.45, 7) is 10.0. The average Bonchev–Trinajstić information content (AvgIpc) is 3.26. The van der Waals surface area contributed by atoms with Gasteiger partial charge in [-0.2, -0.15) is 0 Å². The van der Waals surface area contributed by atoms with Gasteiger partial charge in [-0.05, 0) is 44.9 Å². The molecule has 2 aliphatic rings. The highest BCUT2D eigenvalue weighted by molar-refractivity contribution is 6.33. The fourth-order valence-electron chi connectivity index (χ4n) is 5.45. The number of anilines is 1. The number of carbonyl (C=O) groups excluding carboxylic acids is 2. The lowest BCUT2D eigenvalue weighted by Crippen LogP contribution is -2.61. The zero-order chi connectivity index (χ0) is 27.0. The molecule has 0 aliphatic carbocycles. The van der Waals surface area contributed by atoms with Crippen molar-refractivity contribution in [1.82, 2.24) is 19.8 Å². The van der Waals surface area contributed by atoms with Crippen molar-refractivity contribution in [3.63, 3.8) is 0 Å². The summed E-state index contributed by atoms with van der Waals surface area (Å²) in [4.78, 5) is 38.5. The molecule has 2 amide bonds. The molecule has 4 heterocycles. The standard InChI is InChI=1S/C28H36ClN5O4/c1-5-18-12-33(13-19(6-2)38-18)25(35)14-34-16-28(3,4)37-15-24(34)27(36)32-22-10-17(29)9-21-20-7-8-30-11-23(20)31-26(21)22/h7-11,18-19,24,31H,5-6,12-16H2,1-4H3,(H,32,36)/t18-,19+,24?. The summed E-state index contributed by atoms with van der Waals surface area (Å²) < 4.78 is 12.1. The molecule has 38 heavy (non-hydrogen) atoms. The predicted molar refractivity (Wildman–Crippen MR) is 148 cm³/mol. The monoisotopic (exact) mass is 541 g/mol. The maximum Gasteiger partial charge on any atom is 0.244 e. The number of benzene rings is 1. The summed E-state index contributed by atoms with van der Waals surface area (Å²) in [5.41, 5.74) is 1.73. The van der Waals surface area contributed by atoms with Crippen molar-refractivity contribution in [3.05, 3.63) is 35.6 Å². The molecule has 1 unspecified atom stereocenters. The Hall–Kier alpha value is -2.72. The molecule has 3 aromatic rings.